The molecule has 1 aliphatic carbocycles. The summed E-state index contributed by atoms with van der Waals surface area (Å²) in [6, 6.07) is 8.08. The summed E-state index contributed by atoms with van der Waals surface area (Å²) >= 11 is 6.12. The highest BCUT2D eigenvalue weighted by molar-refractivity contribution is 6.32. The van der Waals surface area contributed by atoms with Gasteiger partial charge in [-0.1, -0.05) is 37.6 Å². The number of benzene rings is 1. The predicted octanol–water partition coefficient (Wildman–Crippen LogP) is 2.98. The molecular weight excluding hydrogens is 362 g/mol. The zero-order valence-corrected chi connectivity index (χ0v) is 17.3. The van der Waals surface area contributed by atoms with E-state index in [0.717, 1.165) is 45.0 Å². The third-order valence-electron chi connectivity index (χ3n) is 5.20. The molecule has 1 aromatic carbocycles. The van der Waals surface area contributed by atoms with Crippen LogP contribution in [0.3, 0.4) is 0 Å². The zero-order valence-electron chi connectivity index (χ0n) is 16.6. The van der Waals surface area contributed by atoms with Crippen molar-refractivity contribution >= 4 is 17.5 Å². The van der Waals surface area contributed by atoms with Crippen molar-refractivity contribution in [2.45, 2.75) is 32.7 Å². The van der Waals surface area contributed by atoms with Crippen LogP contribution in [0.25, 0.3) is 0 Å². The number of para-hydroxylation sites is 1. The maximum absolute atomic E-state index is 12.7. The van der Waals surface area contributed by atoms with E-state index in [-0.39, 0.29) is 0 Å². The van der Waals surface area contributed by atoms with Crippen LogP contribution in [0.5, 0.6) is 5.75 Å². The summed E-state index contributed by atoms with van der Waals surface area (Å²) in [5, 5.41) is 0.655. The highest BCUT2D eigenvalue weighted by Gasteiger charge is 2.33. The van der Waals surface area contributed by atoms with Crippen LogP contribution in [0.2, 0.25) is 5.02 Å². The number of halogens is 1. The van der Waals surface area contributed by atoms with Crippen LogP contribution in [-0.2, 0) is 4.79 Å². The molecule has 2 aliphatic rings. The fraction of sp³-hybridized carbons (Fsp3) is 0.667. The van der Waals surface area contributed by atoms with Crippen molar-refractivity contribution in [3.8, 4) is 5.75 Å². The Morgan fingerprint density at radius 2 is 1.85 bits per heavy atom. The highest BCUT2D eigenvalue weighted by Crippen LogP contribution is 2.28. The highest BCUT2D eigenvalue weighted by atomic mass is 35.5. The lowest BCUT2D eigenvalue weighted by atomic mass is 10.2. The Bertz CT molecular complexity index is 613. The van der Waals surface area contributed by atoms with Crippen molar-refractivity contribution < 1.29 is 9.53 Å². The number of carbonyl (C=O) groups excluding carboxylic acids is 1. The normalized spacial score (nSPS) is 18.7. The van der Waals surface area contributed by atoms with E-state index in [1.54, 1.807) is 0 Å². The summed E-state index contributed by atoms with van der Waals surface area (Å²) in [6.07, 6.45) is 2.36. The van der Waals surface area contributed by atoms with Crippen molar-refractivity contribution in [3.63, 3.8) is 0 Å². The first-order chi connectivity index (χ1) is 13.0. The average molecular weight is 394 g/mol. The predicted molar refractivity (Wildman–Crippen MR) is 109 cm³/mol. The molecule has 1 heterocycles. The number of rotatable bonds is 9. The van der Waals surface area contributed by atoms with Crippen LogP contribution in [0.1, 0.15) is 26.7 Å². The van der Waals surface area contributed by atoms with Crippen LogP contribution >= 0.6 is 11.6 Å². The Hall–Kier alpha value is -1.30. The summed E-state index contributed by atoms with van der Waals surface area (Å²) < 4.78 is 5.78. The summed E-state index contributed by atoms with van der Waals surface area (Å²) in [5.74, 6) is 1.58. The summed E-state index contributed by atoms with van der Waals surface area (Å²) in [5.41, 5.74) is 0. The van der Waals surface area contributed by atoms with Crippen LogP contribution < -0.4 is 4.74 Å². The van der Waals surface area contributed by atoms with Gasteiger partial charge in [-0.3, -0.25) is 14.6 Å². The third-order valence-corrected chi connectivity index (χ3v) is 5.51. The molecular formula is C21H32ClN3O2. The van der Waals surface area contributed by atoms with Crippen molar-refractivity contribution in [2.24, 2.45) is 5.92 Å². The van der Waals surface area contributed by atoms with Gasteiger partial charge in [-0.2, -0.15) is 0 Å². The SMILES string of the molecule is CC(C)CN(C(=O)CN1CCN(CCOc2ccccc2Cl)CC1)C1CC1. The van der Waals surface area contributed by atoms with Crippen molar-refractivity contribution in [2.75, 3.05) is 52.4 Å². The number of piperazine rings is 1. The maximum Gasteiger partial charge on any atom is 0.237 e. The summed E-state index contributed by atoms with van der Waals surface area (Å²) in [6.45, 7) is 11.2. The van der Waals surface area contributed by atoms with Crippen LogP contribution in [0, 0.1) is 5.92 Å². The molecule has 5 nitrogen and oxygen atoms in total. The molecule has 1 saturated carbocycles. The third kappa shape index (κ3) is 6.37. The van der Waals surface area contributed by atoms with Gasteiger partial charge in [0.05, 0.1) is 11.6 Å². The molecule has 150 valence electrons. The topological polar surface area (TPSA) is 36.0 Å². The lowest BCUT2D eigenvalue weighted by molar-refractivity contribution is -0.134. The Morgan fingerprint density at radius 1 is 1.19 bits per heavy atom. The van der Waals surface area contributed by atoms with Gasteiger partial charge >= 0.3 is 0 Å². The number of nitrogens with zero attached hydrogens (tertiary/aromatic N) is 3. The molecule has 1 aromatic rings. The average Bonchev–Trinajstić information content (AvgIpc) is 3.47. The van der Waals surface area contributed by atoms with E-state index in [1.807, 2.05) is 24.3 Å². The van der Waals surface area contributed by atoms with Gasteiger partial charge < -0.3 is 9.64 Å². The van der Waals surface area contributed by atoms with Crippen LogP contribution in [0.15, 0.2) is 24.3 Å². The molecule has 0 N–H and O–H groups in total. The van der Waals surface area contributed by atoms with Crippen molar-refractivity contribution in [3.05, 3.63) is 29.3 Å². The smallest absolute Gasteiger partial charge is 0.237 e. The second-order valence-electron chi connectivity index (χ2n) is 8.07. The molecule has 2 fully saturated rings. The van der Waals surface area contributed by atoms with Gasteiger partial charge in [0.15, 0.2) is 0 Å². The fourth-order valence-corrected chi connectivity index (χ4v) is 3.72. The first-order valence-corrected chi connectivity index (χ1v) is 10.5. The van der Waals surface area contributed by atoms with Gasteiger partial charge in [0.1, 0.15) is 12.4 Å². The number of hydrogen-bond acceptors (Lipinski definition) is 4. The molecule has 0 radical (unpaired) electrons. The molecule has 0 spiro atoms. The Balaban J connectivity index is 1.36. The van der Waals surface area contributed by atoms with Crippen molar-refractivity contribution in [1.82, 2.24) is 14.7 Å². The molecule has 0 unspecified atom stereocenters. The molecule has 0 atom stereocenters. The number of hydrogen-bond donors (Lipinski definition) is 0. The van der Waals surface area contributed by atoms with Gasteiger partial charge in [-0.25, -0.2) is 0 Å². The molecule has 27 heavy (non-hydrogen) atoms. The zero-order chi connectivity index (χ0) is 19.2. The molecule has 6 heteroatoms. The van der Waals surface area contributed by atoms with E-state index in [2.05, 4.69) is 28.5 Å². The lowest BCUT2D eigenvalue weighted by Crippen LogP contribution is -2.51. The fourth-order valence-electron chi connectivity index (χ4n) is 3.53. The first kappa shape index (κ1) is 20.4. The Labute approximate surface area is 168 Å². The number of ether oxygens (including phenoxy) is 1. The van der Waals surface area contributed by atoms with E-state index < -0.39 is 0 Å². The quantitative estimate of drug-likeness (QED) is 0.646. The largest absolute Gasteiger partial charge is 0.491 e. The summed E-state index contributed by atoms with van der Waals surface area (Å²) in [4.78, 5) is 19.5. The Kier molecular flexibility index (Phi) is 7.39. The monoisotopic (exact) mass is 393 g/mol. The minimum Gasteiger partial charge on any atom is -0.491 e. The minimum absolute atomic E-state index is 0.307. The minimum atomic E-state index is 0.307. The molecule has 1 amide bonds. The van der Waals surface area contributed by atoms with Gasteiger partial charge in [0, 0.05) is 45.3 Å². The van der Waals surface area contributed by atoms with Crippen LogP contribution in [-0.4, -0.2) is 79.1 Å². The van der Waals surface area contributed by atoms with Gasteiger partial charge in [0.2, 0.25) is 5.91 Å². The number of carbonyl (C=O) groups is 1. The second-order valence-corrected chi connectivity index (χ2v) is 8.47. The van der Waals surface area contributed by atoms with E-state index in [1.165, 1.54) is 12.8 Å². The number of amides is 1. The second kappa shape index (κ2) is 9.76. The van der Waals surface area contributed by atoms with E-state index in [4.69, 9.17) is 16.3 Å². The molecule has 1 saturated heterocycles. The molecule has 0 aromatic heterocycles. The van der Waals surface area contributed by atoms with Crippen LogP contribution in [0.4, 0.5) is 0 Å². The van der Waals surface area contributed by atoms with Gasteiger partial charge in [-0.15, -0.1) is 0 Å². The van der Waals surface area contributed by atoms with Gasteiger partial charge in [0.25, 0.3) is 0 Å². The summed E-state index contributed by atoms with van der Waals surface area (Å²) in [7, 11) is 0. The van der Waals surface area contributed by atoms with E-state index in [9.17, 15) is 4.79 Å². The standard InChI is InChI=1S/C21H32ClN3O2/c1-17(2)15-25(18-7-8-18)21(26)16-24-11-9-23(10-12-24)13-14-27-20-6-4-3-5-19(20)22/h3-6,17-18H,7-16H2,1-2H3. The molecule has 0 bridgehead atoms. The van der Waals surface area contributed by atoms with Crippen molar-refractivity contribution in [1.29, 1.82) is 0 Å². The molecule has 1 aliphatic heterocycles. The van der Waals surface area contributed by atoms with Gasteiger partial charge in [-0.05, 0) is 30.9 Å². The lowest BCUT2D eigenvalue weighted by Gasteiger charge is -2.35. The molecule has 3 rings (SSSR count). The maximum atomic E-state index is 12.7. The Morgan fingerprint density at radius 3 is 2.48 bits per heavy atom. The first-order valence-electron chi connectivity index (χ1n) is 10.1. The van der Waals surface area contributed by atoms with E-state index >= 15 is 0 Å². The van der Waals surface area contributed by atoms with E-state index in [0.29, 0.717) is 36.0 Å².